The maximum Gasteiger partial charge on any atom is 0.326 e. The Kier molecular flexibility index (Phi) is 7.31. The van der Waals surface area contributed by atoms with Gasteiger partial charge in [-0.15, -0.1) is 0 Å². The van der Waals surface area contributed by atoms with Crippen LogP contribution in [0.2, 0.25) is 0 Å². The number of carbonyl (C=O) groups excluding carboxylic acids is 2. The first-order valence-electron chi connectivity index (χ1n) is 8.75. The van der Waals surface area contributed by atoms with Crippen molar-refractivity contribution in [2.24, 2.45) is 0 Å². The van der Waals surface area contributed by atoms with Crippen LogP contribution >= 0.6 is 0 Å². The summed E-state index contributed by atoms with van der Waals surface area (Å²) in [5.74, 6) is 0.0847. The first kappa shape index (κ1) is 21.6. The van der Waals surface area contributed by atoms with Crippen LogP contribution in [0.15, 0.2) is 53.4 Å². The zero-order chi connectivity index (χ0) is 20.7. The van der Waals surface area contributed by atoms with Crippen LogP contribution in [0.25, 0.3) is 0 Å². The third-order valence-electron chi connectivity index (χ3n) is 3.85. The number of nitrogens with zero attached hydrogens (tertiary/aromatic N) is 1. The Hall–Kier alpha value is -2.71. The van der Waals surface area contributed by atoms with Crippen molar-refractivity contribution in [2.75, 3.05) is 20.2 Å². The Balaban J connectivity index is 1.99. The molecule has 0 atom stereocenters. The number of Topliss-reactive ketones (excluding diaryl/α,β-unsaturated/α-hetero) is 1. The molecule has 0 aliphatic rings. The number of sulfonamides is 1. The van der Waals surface area contributed by atoms with Gasteiger partial charge in [0.05, 0.1) is 11.5 Å². The molecule has 2 aromatic rings. The Bertz CT molecular complexity index is 920. The topological polar surface area (TPSA) is 90.0 Å². The molecule has 0 aromatic heterocycles. The van der Waals surface area contributed by atoms with Crippen LogP contribution in [-0.4, -0.2) is 44.7 Å². The van der Waals surface area contributed by atoms with Crippen molar-refractivity contribution in [1.29, 1.82) is 0 Å². The van der Waals surface area contributed by atoms with Gasteiger partial charge in [0.15, 0.2) is 5.78 Å². The summed E-state index contributed by atoms with van der Waals surface area (Å²) < 4.78 is 36.7. The van der Waals surface area contributed by atoms with Gasteiger partial charge < -0.3 is 9.47 Å². The van der Waals surface area contributed by atoms with Crippen molar-refractivity contribution in [2.45, 2.75) is 25.2 Å². The Labute approximate surface area is 164 Å². The second-order valence-electron chi connectivity index (χ2n) is 6.14. The molecule has 2 rings (SSSR count). The summed E-state index contributed by atoms with van der Waals surface area (Å²) in [6.07, 6.45) is 0.884. The van der Waals surface area contributed by atoms with E-state index in [-0.39, 0.29) is 10.7 Å². The average Bonchev–Trinajstić information content (AvgIpc) is 2.67. The van der Waals surface area contributed by atoms with E-state index in [1.807, 2.05) is 6.92 Å². The molecular weight excluding hydrogens is 382 g/mol. The first-order valence-corrected chi connectivity index (χ1v) is 10.2. The van der Waals surface area contributed by atoms with Crippen molar-refractivity contribution in [3.63, 3.8) is 0 Å². The van der Waals surface area contributed by atoms with Gasteiger partial charge in [0, 0.05) is 12.6 Å². The van der Waals surface area contributed by atoms with Crippen molar-refractivity contribution >= 4 is 21.8 Å². The molecule has 0 spiro atoms. The molecule has 0 fully saturated rings. The molecule has 7 nitrogen and oxygen atoms in total. The van der Waals surface area contributed by atoms with Crippen LogP contribution in [0.5, 0.6) is 11.5 Å². The molecular formula is C20H23NO6S. The van der Waals surface area contributed by atoms with Crippen molar-refractivity contribution in [1.82, 2.24) is 4.31 Å². The van der Waals surface area contributed by atoms with Crippen LogP contribution in [0.3, 0.4) is 0 Å². The number of hydrogen-bond acceptors (Lipinski definition) is 6. The summed E-state index contributed by atoms with van der Waals surface area (Å²) in [4.78, 5) is 23.4. The molecule has 0 amide bonds. The van der Waals surface area contributed by atoms with E-state index in [0.29, 0.717) is 23.7 Å². The van der Waals surface area contributed by atoms with Crippen LogP contribution in [0.4, 0.5) is 0 Å². The quantitative estimate of drug-likeness (QED) is 0.362. The molecule has 0 saturated carbocycles. The first-order chi connectivity index (χ1) is 13.2. The summed E-state index contributed by atoms with van der Waals surface area (Å²) in [5, 5.41) is 0. The lowest BCUT2D eigenvalue weighted by Gasteiger charge is -2.16. The monoisotopic (exact) mass is 405 g/mol. The Morgan fingerprint density at radius 1 is 0.964 bits per heavy atom. The molecule has 0 aliphatic heterocycles. The minimum atomic E-state index is -3.88. The highest BCUT2D eigenvalue weighted by Gasteiger charge is 2.24. The van der Waals surface area contributed by atoms with Gasteiger partial charge in [-0.2, -0.15) is 4.31 Å². The Morgan fingerprint density at radius 3 is 2.07 bits per heavy atom. The van der Waals surface area contributed by atoms with E-state index < -0.39 is 22.5 Å². The van der Waals surface area contributed by atoms with Crippen molar-refractivity contribution in [3.05, 3.63) is 54.1 Å². The molecule has 8 heteroatoms. The van der Waals surface area contributed by atoms with Gasteiger partial charge in [-0.1, -0.05) is 19.1 Å². The normalized spacial score (nSPS) is 11.3. The van der Waals surface area contributed by atoms with E-state index >= 15 is 0 Å². The molecule has 28 heavy (non-hydrogen) atoms. The van der Waals surface area contributed by atoms with Crippen LogP contribution in [0, 0.1) is 0 Å². The van der Waals surface area contributed by atoms with E-state index in [0.717, 1.165) is 10.7 Å². The van der Waals surface area contributed by atoms with Crippen molar-refractivity contribution < 1.29 is 27.5 Å². The highest BCUT2D eigenvalue weighted by Crippen LogP contribution is 2.19. The van der Waals surface area contributed by atoms with Crippen LogP contribution in [-0.2, 0) is 14.8 Å². The number of carbonyl (C=O) groups is 2. The molecule has 2 aromatic carbocycles. The van der Waals surface area contributed by atoms with Crippen LogP contribution < -0.4 is 9.47 Å². The summed E-state index contributed by atoms with van der Waals surface area (Å²) in [6, 6.07) is 12.1. The van der Waals surface area contributed by atoms with E-state index in [1.165, 1.54) is 38.2 Å². The zero-order valence-electron chi connectivity index (χ0n) is 16.0. The van der Waals surface area contributed by atoms with E-state index in [1.54, 1.807) is 24.3 Å². The maximum atomic E-state index is 12.6. The molecule has 0 aliphatic carbocycles. The van der Waals surface area contributed by atoms with Gasteiger partial charge in [-0.3, -0.25) is 9.59 Å². The minimum Gasteiger partial charge on any atom is -0.494 e. The summed E-state index contributed by atoms with van der Waals surface area (Å²) in [7, 11) is -2.60. The molecule has 150 valence electrons. The number of esters is 1. The number of ketones is 1. The lowest BCUT2D eigenvalue weighted by Crippen LogP contribution is -2.34. The number of ether oxygens (including phenoxy) is 2. The summed E-state index contributed by atoms with van der Waals surface area (Å²) in [5.41, 5.74) is 0.410. The number of benzene rings is 2. The lowest BCUT2D eigenvalue weighted by atomic mass is 10.2. The van der Waals surface area contributed by atoms with Gasteiger partial charge in [0.1, 0.15) is 18.0 Å². The molecule has 0 bridgehead atoms. The van der Waals surface area contributed by atoms with Crippen molar-refractivity contribution in [3.8, 4) is 11.5 Å². The number of rotatable bonds is 9. The fourth-order valence-corrected chi connectivity index (χ4v) is 3.41. The Morgan fingerprint density at radius 2 is 1.54 bits per heavy atom. The third-order valence-corrected chi connectivity index (χ3v) is 5.67. The lowest BCUT2D eigenvalue weighted by molar-refractivity contribution is -0.134. The smallest absolute Gasteiger partial charge is 0.326 e. The molecule has 0 radical (unpaired) electrons. The average molecular weight is 405 g/mol. The van der Waals surface area contributed by atoms with Gasteiger partial charge in [0.2, 0.25) is 10.0 Å². The second kappa shape index (κ2) is 9.48. The zero-order valence-corrected chi connectivity index (χ0v) is 16.9. The van der Waals surface area contributed by atoms with Gasteiger partial charge in [-0.25, -0.2) is 8.42 Å². The predicted octanol–water partition coefficient (Wildman–Crippen LogP) is 2.90. The van der Waals surface area contributed by atoms with Gasteiger partial charge >= 0.3 is 5.97 Å². The standard InChI is InChI=1S/C20H23NO6S/c1-4-13-26-17-7-9-18(10-8-17)27-20(23)14-21(3)28(24,25)19-11-5-16(6-12-19)15(2)22/h5-12H,4,13-14H2,1-3H3. The maximum absolute atomic E-state index is 12.6. The summed E-state index contributed by atoms with van der Waals surface area (Å²) in [6.45, 7) is 3.53. The minimum absolute atomic E-state index is 0.00905. The number of hydrogen-bond donors (Lipinski definition) is 0. The molecule has 0 unspecified atom stereocenters. The van der Waals surface area contributed by atoms with Gasteiger partial charge in [-0.05, 0) is 49.7 Å². The van der Waals surface area contributed by atoms with E-state index in [2.05, 4.69) is 0 Å². The largest absolute Gasteiger partial charge is 0.494 e. The van der Waals surface area contributed by atoms with E-state index in [4.69, 9.17) is 9.47 Å². The highest BCUT2D eigenvalue weighted by atomic mass is 32.2. The van der Waals surface area contributed by atoms with E-state index in [9.17, 15) is 18.0 Å². The molecule has 0 N–H and O–H groups in total. The highest BCUT2D eigenvalue weighted by molar-refractivity contribution is 7.89. The van der Waals surface area contributed by atoms with Crippen LogP contribution in [0.1, 0.15) is 30.6 Å². The fraction of sp³-hybridized carbons (Fsp3) is 0.300. The predicted molar refractivity (Wildman–Crippen MR) is 104 cm³/mol. The number of likely N-dealkylation sites (N-methyl/N-ethyl adjacent to an activating group) is 1. The molecule has 0 heterocycles. The summed E-state index contributed by atoms with van der Waals surface area (Å²) >= 11 is 0. The van der Waals surface area contributed by atoms with Gasteiger partial charge in [0.25, 0.3) is 0 Å². The second-order valence-corrected chi connectivity index (χ2v) is 8.18. The SMILES string of the molecule is CCCOc1ccc(OC(=O)CN(C)S(=O)(=O)c2ccc(C(C)=O)cc2)cc1. The third kappa shape index (κ3) is 5.64. The fourth-order valence-electron chi connectivity index (χ4n) is 2.30. The molecule has 0 saturated heterocycles.